The molecule has 0 bridgehead atoms. The van der Waals surface area contributed by atoms with Gasteiger partial charge in [0, 0.05) is 0 Å². The maximum atomic E-state index is 2.30. The summed E-state index contributed by atoms with van der Waals surface area (Å²) >= 11 is 0. The lowest BCUT2D eigenvalue weighted by Crippen LogP contribution is -1.97. The minimum atomic E-state index is 1.12. The summed E-state index contributed by atoms with van der Waals surface area (Å²) in [5.41, 5.74) is 5.95. The average Bonchev–Trinajstić information content (AvgIpc) is 2.65. The molecule has 0 radical (unpaired) electrons. The molecule has 0 unspecified atom stereocenters. The molecule has 13 heavy (non-hydrogen) atoms. The Morgan fingerprint density at radius 2 is 1.62 bits per heavy atom. The van der Waals surface area contributed by atoms with Crippen molar-refractivity contribution in [3.63, 3.8) is 0 Å². The lowest BCUT2D eigenvalue weighted by molar-refractivity contribution is 0.982. The molecule has 0 fully saturated rings. The van der Waals surface area contributed by atoms with Gasteiger partial charge in [0.05, 0.1) is 0 Å². The van der Waals surface area contributed by atoms with E-state index in [2.05, 4.69) is 36.4 Å². The van der Waals surface area contributed by atoms with Crippen molar-refractivity contribution in [2.24, 2.45) is 0 Å². The van der Waals surface area contributed by atoms with E-state index in [0.29, 0.717) is 0 Å². The Labute approximate surface area is 78.6 Å². The normalized spacial score (nSPS) is 17.2. The van der Waals surface area contributed by atoms with E-state index in [4.69, 9.17) is 0 Å². The molecule has 2 aliphatic rings. The van der Waals surface area contributed by atoms with Crippen LogP contribution >= 0.6 is 0 Å². The van der Waals surface area contributed by atoms with Crippen LogP contribution in [0.15, 0.2) is 24.3 Å². The highest BCUT2D eigenvalue weighted by atomic mass is 14.2. The Morgan fingerprint density at radius 1 is 0.846 bits per heavy atom. The van der Waals surface area contributed by atoms with Crippen LogP contribution in [-0.2, 0) is 12.8 Å². The van der Waals surface area contributed by atoms with E-state index in [0.717, 1.165) is 6.42 Å². The molecular weight excluding hydrogens is 156 g/mol. The molecule has 64 valence electrons. The number of allylic oxidation sites excluding steroid dienone is 2. The zero-order valence-electron chi connectivity index (χ0n) is 7.59. The third-order valence-corrected chi connectivity index (χ3v) is 2.95. The van der Waals surface area contributed by atoms with E-state index in [1.165, 1.54) is 35.1 Å². The fourth-order valence-electron chi connectivity index (χ4n) is 2.26. The van der Waals surface area contributed by atoms with Gasteiger partial charge in [0.15, 0.2) is 0 Å². The van der Waals surface area contributed by atoms with Crippen LogP contribution in [0.1, 0.15) is 28.7 Å². The van der Waals surface area contributed by atoms with Crippen LogP contribution in [0.4, 0.5) is 0 Å². The Morgan fingerprint density at radius 3 is 2.62 bits per heavy atom. The zero-order chi connectivity index (χ0) is 8.67. The average molecular weight is 168 g/mol. The van der Waals surface area contributed by atoms with Crippen LogP contribution in [0.5, 0.6) is 0 Å². The van der Waals surface area contributed by atoms with Gasteiger partial charge in [-0.3, -0.25) is 0 Å². The highest BCUT2D eigenvalue weighted by Crippen LogP contribution is 2.30. The highest BCUT2D eigenvalue weighted by Gasteiger charge is 2.13. The summed E-state index contributed by atoms with van der Waals surface area (Å²) in [5.74, 6) is 0. The van der Waals surface area contributed by atoms with Crippen LogP contribution in [0.2, 0.25) is 0 Å². The monoisotopic (exact) mass is 168 g/mol. The summed E-state index contributed by atoms with van der Waals surface area (Å²) < 4.78 is 0. The quantitative estimate of drug-likeness (QED) is 0.558. The molecule has 0 saturated carbocycles. The van der Waals surface area contributed by atoms with E-state index in [-0.39, 0.29) is 0 Å². The molecule has 0 heteroatoms. The van der Waals surface area contributed by atoms with Gasteiger partial charge < -0.3 is 0 Å². The molecule has 0 aromatic heterocycles. The topological polar surface area (TPSA) is 0 Å². The van der Waals surface area contributed by atoms with Crippen molar-refractivity contribution < 1.29 is 0 Å². The molecule has 0 nitrogen and oxygen atoms in total. The summed E-state index contributed by atoms with van der Waals surface area (Å²) in [4.78, 5) is 0. The number of hydrogen-bond acceptors (Lipinski definition) is 0. The van der Waals surface area contributed by atoms with Crippen LogP contribution in [-0.4, -0.2) is 0 Å². The minimum Gasteiger partial charge on any atom is -0.0836 e. The van der Waals surface area contributed by atoms with Crippen molar-refractivity contribution in [1.29, 1.82) is 0 Å². The predicted molar refractivity (Wildman–Crippen MR) is 56.5 cm³/mol. The molecule has 0 aliphatic heterocycles. The fourth-order valence-corrected chi connectivity index (χ4v) is 2.26. The van der Waals surface area contributed by atoms with Crippen molar-refractivity contribution in [3.8, 4) is 0 Å². The smallest absolute Gasteiger partial charge is 0.00879 e. The van der Waals surface area contributed by atoms with Gasteiger partial charge in [0.25, 0.3) is 0 Å². The molecule has 3 rings (SSSR count). The first-order valence-electron chi connectivity index (χ1n) is 4.93. The van der Waals surface area contributed by atoms with Gasteiger partial charge in [-0.1, -0.05) is 36.4 Å². The lowest BCUT2D eigenvalue weighted by atomic mass is 9.91. The Hall–Kier alpha value is -1.30. The summed E-state index contributed by atoms with van der Waals surface area (Å²) in [6.07, 6.45) is 12.6. The van der Waals surface area contributed by atoms with E-state index < -0.39 is 0 Å². The number of aryl methyl sites for hydroxylation is 1. The van der Waals surface area contributed by atoms with E-state index in [9.17, 15) is 0 Å². The number of hydrogen-bond donors (Lipinski definition) is 0. The number of rotatable bonds is 0. The van der Waals surface area contributed by atoms with E-state index in [1.54, 1.807) is 0 Å². The zero-order valence-corrected chi connectivity index (χ0v) is 7.59. The molecule has 0 N–H and O–H groups in total. The van der Waals surface area contributed by atoms with Gasteiger partial charge in [-0.2, -0.15) is 0 Å². The largest absolute Gasteiger partial charge is 0.0836 e. The maximum Gasteiger partial charge on any atom is -0.00879 e. The molecule has 0 amide bonds. The summed E-state index contributed by atoms with van der Waals surface area (Å²) in [5, 5.41) is 0. The minimum absolute atomic E-state index is 1.12. The van der Waals surface area contributed by atoms with Gasteiger partial charge in [-0.15, -0.1) is 0 Å². The van der Waals surface area contributed by atoms with Crippen LogP contribution in [0.25, 0.3) is 12.2 Å². The van der Waals surface area contributed by atoms with Gasteiger partial charge >= 0.3 is 0 Å². The summed E-state index contributed by atoms with van der Waals surface area (Å²) in [6, 6.07) is 4.58. The van der Waals surface area contributed by atoms with E-state index in [1.807, 2.05) is 0 Å². The number of benzene rings is 1. The maximum absolute atomic E-state index is 2.30. The molecule has 1 aromatic carbocycles. The molecule has 2 aliphatic carbocycles. The Balaban J connectivity index is 2.29. The molecule has 0 spiro atoms. The molecule has 0 atom stereocenters. The number of fused-ring (bicyclic) bond motifs is 3. The molecule has 0 saturated heterocycles. The third kappa shape index (κ3) is 0.983. The second-order valence-corrected chi connectivity index (χ2v) is 3.76. The van der Waals surface area contributed by atoms with Crippen molar-refractivity contribution in [3.05, 3.63) is 46.5 Å². The predicted octanol–water partition coefficient (Wildman–Crippen LogP) is 3.22. The first kappa shape index (κ1) is 7.14. The van der Waals surface area contributed by atoms with Crippen LogP contribution < -0.4 is 0 Å². The first-order valence-corrected chi connectivity index (χ1v) is 4.93. The summed E-state index contributed by atoms with van der Waals surface area (Å²) in [6.45, 7) is 0. The van der Waals surface area contributed by atoms with Gasteiger partial charge in [0.1, 0.15) is 0 Å². The molecule has 1 aromatic rings. The lowest BCUT2D eigenvalue weighted by Gasteiger charge is -2.13. The van der Waals surface area contributed by atoms with Gasteiger partial charge in [0.2, 0.25) is 0 Å². The third-order valence-electron chi connectivity index (χ3n) is 2.95. The molecular formula is C13H12. The Bertz CT molecular complexity index is 408. The SMILES string of the molecule is C1=Cc2c(ccc3c2C=CC3)CC1. The second-order valence-electron chi connectivity index (χ2n) is 3.76. The second kappa shape index (κ2) is 2.59. The van der Waals surface area contributed by atoms with E-state index >= 15 is 0 Å². The molecule has 0 heterocycles. The van der Waals surface area contributed by atoms with Crippen molar-refractivity contribution >= 4 is 12.2 Å². The fraction of sp³-hybridized carbons (Fsp3) is 0.231. The first-order chi connectivity index (χ1) is 6.45. The Kier molecular flexibility index (Phi) is 1.42. The van der Waals surface area contributed by atoms with Crippen LogP contribution in [0, 0.1) is 0 Å². The highest BCUT2D eigenvalue weighted by molar-refractivity contribution is 5.74. The summed E-state index contributed by atoms with van der Waals surface area (Å²) in [7, 11) is 0. The van der Waals surface area contributed by atoms with Gasteiger partial charge in [-0.05, 0) is 41.5 Å². The van der Waals surface area contributed by atoms with Crippen LogP contribution in [0.3, 0.4) is 0 Å². The standard InChI is InChI=1S/C13H12/c1-2-6-12-10(4-1)8-9-11-5-3-7-13(11)12/h2-3,6-9H,1,4-5H2. The van der Waals surface area contributed by atoms with Crippen molar-refractivity contribution in [1.82, 2.24) is 0 Å². The van der Waals surface area contributed by atoms with Crippen molar-refractivity contribution in [2.75, 3.05) is 0 Å². The van der Waals surface area contributed by atoms with Gasteiger partial charge in [-0.25, -0.2) is 0 Å². The van der Waals surface area contributed by atoms with Crippen molar-refractivity contribution in [2.45, 2.75) is 19.3 Å².